The van der Waals surface area contributed by atoms with Gasteiger partial charge in [0.05, 0.1) is 18.1 Å². The zero-order chi connectivity index (χ0) is 17.0. The molecule has 1 heterocycles. The molecular formula is C17H23NO5. The number of non-ortho nitro benzene ring substituents is 1. The third-order valence-electron chi connectivity index (χ3n) is 3.97. The molecule has 0 bridgehead atoms. The summed E-state index contributed by atoms with van der Waals surface area (Å²) in [5.41, 5.74) is 0.515. The van der Waals surface area contributed by atoms with Crippen LogP contribution in [-0.4, -0.2) is 30.2 Å². The molecule has 23 heavy (non-hydrogen) atoms. The van der Waals surface area contributed by atoms with Gasteiger partial charge in [0.2, 0.25) is 0 Å². The van der Waals surface area contributed by atoms with E-state index in [2.05, 4.69) is 13.8 Å². The number of carbonyl (C=O) groups excluding carboxylic acids is 1. The van der Waals surface area contributed by atoms with E-state index in [0.29, 0.717) is 31.6 Å². The number of hydrogen-bond donors (Lipinski definition) is 0. The van der Waals surface area contributed by atoms with Gasteiger partial charge in [0.25, 0.3) is 5.69 Å². The predicted molar refractivity (Wildman–Crippen MR) is 85.3 cm³/mol. The van der Waals surface area contributed by atoms with E-state index in [-0.39, 0.29) is 29.1 Å². The lowest BCUT2D eigenvalue weighted by Gasteiger charge is -2.37. The number of carbonyl (C=O) groups is 1. The Kier molecular flexibility index (Phi) is 5.49. The fourth-order valence-corrected chi connectivity index (χ4v) is 2.44. The summed E-state index contributed by atoms with van der Waals surface area (Å²) in [6, 6.07) is 5.71. The zero-order valence-corrected chi connectivity index (χ0v) is 13.8. The average molecular weight is 321 g/mol. The monoisotopic (exact) mass is 321 g/mol. The molecule has 0 aromatic heterocycles. The molecule has 1 saturated heterocycles. The number of ether oxygens (including phenoxy) is 2. The minimum Gasteiger partial charge on any atom is -0.352 e. The van der Waals surface area contributed by atoms with E-state index in [0.717, 1.165) is 0 Å². The fourth-order valence-electron chi connectivity index (χ4n) is 2.44. The lowest BCUT2D eigenvalue weighted by Crippen LogP contribution is -2.40. The van der Waals surface area contributed by atoms with Crippen LogP contribution in [0.1, 0.15) is 44.0 Å². The van der Waals surface area contributed by atoms with Crippen molar-refractivity contribution in [1.29, 1.82) is 0 Å². The van der Waals surface area contributed by atoms with Crippen molar-refractivity contribution >= 4 is 11.5 Å². The second kappa shape index (κ2) is 7.19. The predicted octanol–water partition coefficient (Wildman–Crippen LogP) is 3.59. The summed E-state index contributed by atoms with van der Waals surface area (Å²) in [7, 11) is 0. The first-order valence-corrected chi connectivity index (χ1v) is 7.79. The summed E-state index contributed by atoms with van der Waals surface area (Å²) in [5.74, 6) is 0.0935. The van der Waals surface area contributed by atoms with Gasteiger partial charge in [-0.15, -0.1) is 0 Å². The van der Waals surface area contributed by atoms with Crippen molar-refractivity contribution in [3.8, 4) is 0 Å². The van der Waals surface area contributed by atoms with Gasteiger partial charge in [-0.25, -0.2) is 0 Å². The van der Waals surface area contributed by atoms with Crippen molar-refractivity contribution in [2.45, 2.75) is 39.9 Å². The lowest BCUT2D eigenvalue weighted by atomic mass is 9.94. The number of nitrogens with zero attached hydrogens (tertiary/aromatic N) is 1. The topological polar surface area (TPSA) is 78.7 Å². The molecule has 1 fully saturated rings. The third kappa shape index (κ3) is 4.84. The SMILES string of the molecule is C[C@@H](CCC(=O)c1ccc([N+](=O)[O-])cc1)C1OCC(C)(C)CO1. The van der Waals surface area contributed by atoms with Gasteiger partial charge in [0.15, 0.2) is 12.1 Å². The summed E-state index contributed by atoms with van der Waals surface area (Å²) < 4.78 is 11.5. The molecule has 1 aromatic carbocycles. The van der Waals surface area contributed by atoms with Gasteiger partial charge in [-0.3, -0.25) is 14.9 Å². The molecule has 6 heteroatoms. The van der Waals surface area contributed by atoms with Gasteiger partial charge in [-0.2, -0.15) is 0 Å². The van der Waals surface area contributed by atoms with Crippen LogP contribution in [0.25, 0.3) is 0 Å². The van der Waals surface area contributed by atoms with Crippen LogP contribution in [0.15, 0.2) is 24.3 Å². The van der Waals surface area contributed by atoms with Crippen molar-refractivity contribution in [2.24, 2.45) is 11.3 Å². The molecule has 0 aliphatic carbocycles. The van der Waals surface area contributed by atoms with Crippen LogP contribution < -0.4 is 0 Å². The van der Waals surface area contributed by atoms with E-state index >= 15 is 0 Å². The van der Waals surface area contributed by atoms with E-state index in [9.17, 15) is 14.9 Å². The number of rotatable bonds is 6. The van der Waals surface area contributed by atoms with Crippen LogP contribution in [0.5, 0.6) is 0 Å². The number of nitro groups is 1. The summed E-state index contributed by atoms with van der Waals surface area (Å²) >= 11 is 0. The second-order valence-corrected chi connectivity index (χ2v) is 6.90. The minimum absolute atomic E-state index is 0.0125. The molecule has 0 amide bonds. The van der Waals surface area contributed by atoms with Gasteiger partial charge in [-0.05, 0) is 18.6 Å². The van der Waals surface area contributed by atoms with E-state index in [1.54, 1.807) is 0 Å². The third-order valence-corrected chi connectivity index (χ3v) is 3.97. The van der Waals surface area contributed by atoms with Crippen molar-refractivity contribution < 1.29 is 19.2 Å². The summed E-state index contributed by atoms with van der Waals surface area (Å²) in [6.45, 7) is 7.49. The largest absolute Gasteiger partial charge is 0.352 e. The molecule has 1 aromatic rings. The fraction of sp³-hybridized carbons (Fsp3) is 0.588. The maximum Gasteiger partial charge on any atom is 0.269 e. The van der Waals surface area contributed by atoms with Crippen LogP contribution in [0.3, 0.4) is 0 Å². The highest BCUT2D eigenvalue weighted by atomic mass is 16.7. The first-order chi connectivity index (χ1) is 10.8. The van der Waals surface area contributed by atoms with E-state index in [1.807, 2.05) is 6.92 Å². The summed E-state index contributed by atoms with van der Waals surface area (Å²) in [6.07, 6.45) is 0.750. The molecule has 0 N–H and O–H groups in total. The first kappa shape index (κ1) is 17.6. The number of hydrogen-bond acceptors (Lipinski definition) is 5. The number of benzene rings is 1. The molecule has 0 saturated carbocycles. The Bertz CT molecular complexity index is 557. The van der Waals surface area contributed by atoms with E-state index in [4.69, 9.17) is 9.47 Å². The zero-order valence-electron chi connectivity index (χ0n) is 13.8. The molecule has 1 aliphatic rings. The maximum atomic E-state index is 12.2. The summed E-state index contributed by atoms with van der Waals surface area (Å²) in [4.78, 5) is 22.3. The van der Waals surface area contributed by atoms with E-state index in [1.165, 1.54) is 24.3 Å². The highest BCUT2D eigenvalue weighted by Crippen LogP contribution is 2.28. The number of Topliss-reactive ketones (excluding diaryl/α,β-unsaturated/α-hetero) is 1. The molecule has 1 aliphatic heterocycles. The van der Waals surface area contributed by atoms with Crippen LogP contribution in [0.4, 0.5) is 5.69 Å². The molecule has 126 valence electrons. The Morgan fingerprint density at radius 3 is 2.39 bits per heavy atom. The van der Waals surface area contributed by atoms with Crippen molar-refractivity contribution in [3.63, 3.8) is 0 Å². The van der Waals surface area contributed by atoms with Gasteiger partial charge in [0, 0.05) is 35.4 Å². The van der Waals surface area contributed by atoms with Crippen LogP contribution >= 0.6 is 0 Å². The molecule has 2 rings (SSSR count). The quantitative estimate of drug-likeness (QED) is 0.454. The second-order valence-electron chi connectivity index (χ2n) is 6.90. The smallest absolute Gasteiger partial charge is 0.269 e. The molecule has 0 unspecified atom stereocenters. The number of nitro benzene ring substituents is 1. The maximum absolute atomic E-state index is 12.2. The van der Waals surface area contributed by atoms with Gasteiger partial charge < -0.3 is 9.47 Å². The van der Waals surface area contributed by atoms with Crippen molar-refractivity contribution in [1.82, 2.24) is 0 Å². The van der Waals surface area contributed by atoms with E-state index < -0.39 is 4.92 Å². The lowest BCUT2D eigenvalue weighted by molar-refractivity contribution is -0.384. The van der Waals surface area contributed by atoms with Gasteiger partial charge >= 0.3 is 0 Å². The van der Waals surface area contributed by atoms with Crippen molar-refractivity contribution in [3.05, 3.63) is 39.9 Å². The number of ketones is 1. The molecule has 1 atom stereocenters. The standard InChI is InChI=1S/C17H23NO5/c1-12(16-22-10-17(2,3)11-23-16)4-9-15(19)13-5-7-14(8-6-13)18(20)21/h5-8,12,16H,4,9-11H2,1-3H3/t12-/m0/s1. The normalized spacial score (nSPS) is 19.3. The Balaban J connectivity index is 1.83. The highest BCUT2D eigenvalue weighted by Gasteiger charge is 2.31. The molecule has 0 radical (unpaired) electrons. The molecule has 0 spiro atoms. The van der Waals surface area contributed by atoms with Crippen LogP contribution in [-0.2, 0) is 9.47 Å². The Morgan fingerprint density at radius 1 is 1.30 bits per heavy atom. The van der Waals surface area contributed by atoms with Crippen LogP contribution in [0.2, 0.25) is 0 Å². The Labute approximate surface area is 135 Å². The van der Waals surface area contributed by atoms with Crippen molar-refractivity contribution in [2.75, 3.05) is 13.2 Å². The average Bonchev–Trinajstić information content (AvgIpc) is 2.52. The molecule has 6 nitrogen and oxygen atoms in total. The van der Waals surface area contributed by atoms with Crippen LogP contribution in [0, 0.1) is 21.4 Å². The minimum atomic E-state index is -0.477. The first-order valence-electron chi connectivity index (χ1n) is 7.79. The highest BCUT2D eigenvalue weighted by molar-refractivity contribution is 5.96. The van der Waals surface area contributed by atoms with Gasteiger partial charge in [-0.1, -0.05) is 20.8 Å². The summed E-state index contributed by atoms with van der Waals surface area (Å²) in [5, 5.41) is 10.6. The Hall–Kier alpha value is -1.79. The Morgan fingerprint density at radius 2 is 1.87 bits per heavy atom. The van der Waals surface area contributed by atoms with Gasteiger partial charge in [0.1, 0.15) is 0 Å². The molecular weight excluding hydrogens is 298 g/mol.